The first-order valence-electron chi connectivity index (χ1n) is 9.66. The minimum Gasteiger partial charge on any atom is -0.478 e. The van der Waals surface area contributed by atoms with Gasteiger partial charge in [-0.2, -0.15) is 0 Å². The number of pyridine rings is 1. The maximum atomic E-state index is 11.4. The Morgan fingerprint density at radius 3 is 2.89 bits per heavy atom. The molecule has 1 atom stereocenters. The average Bonchev–Trinajstić information content (AvgIpc) is 3.48. The predicted octanol–water partition coefficient (Wildman–Crippen LogP) is 2.19. The van der Waals surface area contributed by atoms with E-state index in [0.29, 0.717) is 17.8 Å². The van der Waals surface area contributed by atoms with Crippen LogP contribution < -0.4 is 10.2 Å². The Kier molecular flexibility index (Phi) is 4.01. The van der Waals surface area contributed by atoms with E-state index in [9.17, 15) is 9.90 Å². The Hall–Kier alpha value is -3.00. The lowest BCUT2D eigenvalue weighted by atomic mass is 10.1. The number of anilines is 1. The largest absolute Gasteiger partial charge is 0.478 e. The van der Waals surface area contributed by atoms with Crippen molar-refractivity contribution in [1.82, 2.24) is 24.8 Å². The Bertz CT molecular complexity index is 1060. The molecular weight excluding hydrogens is 356 g/mol. The van der Waals surface area contributed by atoms with Crippen LogP contribution in [-0.2, 0) is 0 Å². The fourth-order valence-electron chi connectivity index (χ4n) is 4.00. The predicted molar refractivity (Wildman–Crippen MR) is 105 cm³/mol. The molecule has 2 N–H and O–H groups in total. The van der Waals surface area contributed by atoms with Crippen molar-refractivity contribution in [2.75, 3.05) is 24.5 Å². The molecule has 8 heteroatoms. The molecule has 28 heavy (non-hydrogen) atoms. The maximum absolute atomic E-state index is 11.4. The van der Waals surface area contributed by atoms with E-state index in [2.05, 4.69) is 38.3 Å². The number of aromatic carboxylic acids is 1. The summed E-state index contributed by atoms with van der Waals surface area (Å²) in [4.78, 5) is 27.3. The van der Waals surface area contributed by atoms with Crippen LogP contribution in [-0.4, -0.2) is 56.3 Å². The van der Waals surface area contributed by atoms with Crippen LogP contribution in [0.15, 0.2) is 30.9 Å². The molecule has 3 aromatic heterocycles. The van der Waals surface area contributed by atoms with Gasteiger partial charge in [0, 0.05) is 38.1 Å². The van der Waals surface area contributed by atoms with Crippen LogP contribution in [0.3, 0.4) is 0 Å². The number of rotatable bonds is 4. The van der Waals surface area contributed by atoms with E-state index in [0.717, 1.165) is 49.3 Å². The van der Waals surface area contributed by atoms with Crippen LogP contribution in [0.2, 0.25) is 0 Å². The number of aromatic nitrogens is 4. The van der Waals surface area contributed by atoms with E-state index in [1.54, 1.807) is 12.4 Å². The molecule has 1 aliphatic heterocycles. The molecule has 4 heterocycles. The van der Waals surface area contributed by atoms with Gasteiger partial charge in [-0.3, -0.25) is 4.57 Å². The van der Waals surface area contributed by atoms with Crippen LogP contribution in [0, 0.1) is 0 Å². The molecular formula is C20H22N6O2. The third kappa shape index (κ3) is 2.90. The summed E-state index contributed by atoms with van der Waals surface area (Å²) >= 11 is 0. The number of carbonyl (C=O) groups is 1. The topological polar surface area (TPSA) is 96.2 Å². The van der Waals surface area contributed by atoms with Crippen molar-refractivity contribution in [3.63, 3.8) is 0 Å². The Morgan fingerprint density at radius 1 is 1.29 bits per heavy atom. The Morgan fingerprint density at radius 2 is 2.14 bits per heavy atom. The summed E-state index contributed by atoms with van der Waals surface area (Å²) in [5.41, 5.74) is 2.23. The summed E-state index contributed by atoms with van der Waals surface area (Å²) in [6.07, 6.45) is 7.52. The SMILES string of the molecule is CC1CN(c2ncnc3c2c(C2CC2)cn3-c2cc(C(=O)O)ccn2)CCN1. The van der Waals surface area contributed by atoms with E-state index >= 15 is 0 Å². The summed E-state index contributed by atoms with van der Waals surface area (Å²) in [6, 6.07) is 3.49. The van der Waals surface area contributed by atoms with Crippen molar-refractivity contribution in [2.45, 2.75) is 31.7 Å². The number of piperazine rings is 1. The van der Waals surface area contributed by atoms with Gasteiger partial charge in [0.1, 0.15) is 18.0 Å². The zero-order chi connectivity index (χ0) is 19.3. The molecule has 1 saturated carbocycles. The van der Waals surface area contributed by atoms with Gasteiger partial charge in [-0.05, 0) is 43.4 Å². The lowest BCUT2D eigenvalue weighted by Crippen LogP contribution is -2.49. The molecule has 3 aromatic rings. The molecule has 2 fully saturated rings. The standard InChI is InChI=1S/C20H22N6O2/c1-12-9-25(7-6-21-12)18-17-15(13-2-3-13)10-26(19(17)24-11-23-18)16-8-14(20(27)28)4-5-22-16/h4-5,8,10-13,21H,2-3,6-7,9H2,1H3,(H,27,28). The second kappa shape index (κ2) is 6.56. The minimum absolute atomic E-state index is 0.213. The highest BCUT2D eigenvalue weighted by Gasteiger charge is 2.31. The second-order valence-electron chi connectivity index (χ2n) is 7.63. The number of nitrogens with zero attached hydrogens (tertiary/aromatic N) is 5. The molecule has 0 aromatic carbocycles. The fraction of sp³-hybridized carbons (Fsp3) is 0.400. The second-order valence-corrected chi connectivity index (χ2v) is 7.63. The van der Waals surface area contributed by atoms with Gasteiger partial charge in [0.05, 0.1) is 10.9 Å². The van der Waals surface area contributed by atoms with Gasteiger partial charge in [-0.1, -0.05) is 0 Å². The molecule has 0 amide bonds. The van der Waals surface area contributed by atoms with Crippen molar-refractivity contribution in [2.24, 2.45) is 0 Å². The van der Waals surface area contributed by atoms with Gasteiger partial charge in [0.25, 0.3) is 0 Å². The number of carboxylic acid groups (broad SMARTS) is 1. The molecule has 8 nitrogen and oxygen atoms in total. The van der Waals surface area contributed by atoms with Gasteiger partial charge >= 0.3 is 5.97 Å². The van der Waals surface area contributed by atoms with E-state index in [1.807, 2.05) is 4.57 Å². The summed E-state index contributed by atoms with van der Waals surface area (Å²) < 4.78 is 1.91. The molecule has 1 saturated heterocycles. The van der Waals surface area contributed by atoms with Crippen LogP contribution >= 0.6 is 0 Å². The zero-order valence-electron chi connectivity index (χ0n) is 15.7. The number of nitrogens with one attached hydrogen (secondary N) is 1. The summed E-state index contributed by atoms with van der Waals surface area (Å²) in [7, 11) is 0. The van der Waals surface area contributed by atoms with E-state index in [-0.39, 0.29) is 5.56 Å². The highest BCUT2D eigenvalue weighted by Crippen LogP contribution is 2.46. The molecule has 5 rings (SSSR count). The van der Waals surface area contributed by atoms with Gasteiger partial charge in [0.15, 0.2) is 5.65 Å². The van der Waals surface area contributed by atoms with E-state index in [4.69, 9.17) is 0 Å². The fourth-order valence-corrected chi connectivity index (χ4v) is 4.00. The first kappa shape index (κ1) is 17.1. The maximum Gasteiger partial charge on any atom is 0.335 e. The summed E-state index contributed by atoms with van der Waals surface area (Å²) in [5, 5.41) is 13.9. The van der Waals surface area contributed by atoms with E-state index in [1.165, 1.54) is 17.8 Å². The van der Waals surface area contributed by atoms with Crippen LogP contribution in [0.25, 0.3) is 16.9 Å². The Labute approximate surface area is 162 Å². The molecule has 0 spiro atoms. The van der Waals surface area contributed by atoms with Crippen LogP contribution in [0.4, 0.5) is 5.82 Å². The third-order valence-electron chi connectivity index (χ3n) is 5.52. The van der Waals surface area contributed by atoms with Crippen LogP contribution in [0.5, 0.6) is 0 Å². The van der Waals surface area contributed by atoms with Crippen molar-refractivity contribution >= 4 is 22.8 Å². The lowest BCUT2D eigenvalue weighted by molar-refractivity contribution is 0.0696. The van der Waals surface area contributed by atoms with Gasteiger partial charge < -0.3 is 15.3 Å². The van der Waals surface area contributed by atoms with Gasteiger partial charge in [0.2, 0.25) is 0 Å². The monoisotopic (exact) mass is 378 g/mol. The highest BCUT2D eigenvalue weighted by molar-refractivity contribution is 5.93. The smallest absolute Gasteiger partial charge is 0.335 e. The summed E-state index contributed by atoms with van der Waals surface area (Å²) in [5.74, 6) is 1.08. The van der Waals surface area contributed by atoms with Crippen molar-refractivity contribution in [3.8, 4) is 5.82 Å². The average molecular weight is 378 g/mol. The van der Waals surface area contributed by atoms with Crippen molar-refractivity contribution < 1.29 is 9.90 Å². The van der Waals surface area contributed by atoms with Gasteiger partial charge in [-0.25, -0.2) is 19.7 Å². The van der Waals surface area contributed by atoms with Crippen molar-refractivity contribution in [3.05, 3.63) is 42.0 Å². The molecule has 2 aliphatic rings. The first-order chi connectivity index (χ1) is 13.6. The normalized spacial score (nSPS) is 19.9. The molecule has 1 unspecified atom stereocenters. The number of carboxylic acids is 1. The number of hydrogen-bond acceptors (Lipinski definition) is 6. The van der Waals surface area contributed by atoms with Crippen molar-refractivity contribution in [1.29, 1.82) is 0 Å². The first-order valence-corrected chi connectivity index (χ1v) is 9.66. The molecule has 144 valence electrons. The molecule has 1 aliphatic carbocycles. The van der Waals surface area contributed by atoms with Gasteiger partial charge in [-0.15, -0.1) is 0 Å². The van der Waals surface area contributed by atoms with E-state index < -0.39 is 5.97 Å². The minimum atomic E-state index is -0.965. The Balaban J connectivity index is 1.69. The quantitative estimate of drug-likeness (QED) is 0.718. The lowest BCUT2D eigenvalue weighted by Gasteiger charge is -2.33. The molecule has 0 bridgehead atoms. The zero-order valence-corrected chi connectivity index (χ0v) is 15.7. The van der Waals surface area contributed by atoms with Crippen LogP contribution in [0.1, 0.15) is 41.6 Å². The summed E-state index contributed by atoms with van der Waals surface area (Å²) in [6.45, 7) is 4.90. The molecule has 0 radical (unpaired) electrons. The third-order valence-corrected chi connectivity index (χ3v) is 5.52. The number of fused-ring (bicyclic) bond motifs is 1. The highest BCUT2D eigenvalue weighted by atomic mass is 16.4. The number of hydrogen-bond donors (Lipinski definition) is 2.